The van der Waals surface area contributed by atoms with Crippen molar-refractivity contribution in [3.8, 4) is 5.75 Å². The molecule has 2 rings (SSSR count). The highest BCUT2D eigenvalue weighted by molar-refractivity contribution is 5.98. The molecule has 0 spiro atoms. The van der Waals surface area contributed by atoms with Gasteiger partial charge in [0.1, 0.15) is 5.75 Å². The summed E-state index contributed by atoms with van der Waals surface area (Å²) in [5.41, 5.74) is 1.74. The van der Waals surface area contributed by atoms with E-state index >= 15 is 0 Å². The van der Waals surface area contributed by atoms with Gasteiger partial charge >= 0.3 is 5.97 Å². The highest BCUT2D eigenvalue weighted by atomic mass is 16.4. The molecule has 0 aliphatic carbocycles. The number of likely N-dealkylation sites (N-methyl/N-ethyl adjacent to an activating group) is 1. The maximum Gasteiger partial charge on any atom is 0.331 e. The lowest BCUT2D eigenvalue weighted by Gasteiger charge is -2.26. The summed E-state index contributed by atoms with van der Waals surface area (Å²) >= 11 is 0. The van der Waals surface area contributed by atoms with Gasteiger partial charge in [0.05, 0.1) is 0 Å². The number of aromatic hydroxyl groups is 1. The van der Waals surface area contributed by atoms with Crippen LogP contribution in [-0.4, -0.2) is 41.2 Å². The van der Waals surface area contributed by atoms with E-state index in [9.17, 15) is 15.0 Å². The number of phenols is 1. The number of nitrogens with zero attached hydrogens (tertiary/aromatic N) is 1. The SMILES string of the molecule is CN1CCC(C(=O)O)=C(c2ccccc2O)C1. The standard InChI is InChI=1S/C13H15NO3/c1-14-7-6-10(13(16)17)11(8-14)9-4-2-3-5-12(9)15/h2-5,15H,6-8H2,1H3,(H,16,17). The van der Waals surface area contributed by atoms with Crippen LogP contribution in [0.2, 0.25) is 0 Å². The molecule has 4 heteroatoms. The monoisotopic (exact) mass is 233 g/mol. The summed E-state index contributed by atoms with van der Waals surface area (Å²) in [6.45, 7) is 1.29. The third kappa shape index (κ3) is 2.31. The molecule has 1 aromatic rings. The number of benzene rings is 1. The third-order valence-electron chi connectivity index (χ3n) is 3.02. The van der Waals surface area contributed by atoms with E-state index in [-0.39, 0.29) is 5.75 Å². The van der Waals surface area contributed by atoms with Crippen LogP contribution in [0, 0.1) is 0 Å². The van der Waals surface area contributed by atoms with Crippen LogP contribution < -0.4 is 0 Å². The molecule has 90 valence electrons. The average Bonchev–Trinajstić information content (AvgIpc) is 2.29. The van der Waals surface area contributed by atoms with E-state index in [1.165, 1.54) is 0 Å². The van der Waals surface area contributed by atoms with Gasteiger partial charge in [-0.25, -0.2) is 4.79 Å². The molecule has 0 amide bonds. The van der Waals surface area contributed by atoms with Crippen LogP contribution in [0.5, 0.6) is 5.75 Å². The van der Waals surface area contributed by atoms with Gasteiger partial charge < -0.3 is 15.1 Å². The van der Waals surface area contributed by atoms with Crippen LogP contribution in [0.4, 0.5) is 0 Å². The van der Waals surface area contributed by atoms with E-state index in [1.54, 1.807) is 24.3 Å². The van der Waals surface area contributed by atoms with Crippen molar-refractivity contribution >= 4 is 11.5 Å². The van der Waals surface area contributed by atoms with E-state index in [1.807, 2.05) is 11.9 Å². The van der Waals surface area contributed by atoms with Gasteiger partial charge in [-0.15, -0.1) is 0 Å². The molecule has 0 atom stereocenters. The second-order valence-corrected chi connectivity index (χ2v) is 4.27. The molecule has 0 aromatic heterocycles. The second kappa shape index (κ2) is 4.59. The molecule has 2 N–H and O–H groups in total. The number of hydrogen-bond acceptors (Lipinski definition) is 3. The van der Waals surface area contributed by atoms with E-state index < -0.39 is 5.97 Å². The number of carboxylic acid groups (broad SMARTS) is 1. The Morgan fingerprint density at radius 2 is 2.06 bits per heavy atom. The highest BCUT2D eigenvalue weighted by Crippen LogP contribution is 2.31. The lowest BCUT2D eigenvalue weighted by molar-refractivity contribution is -0.132. The summed E-state index contributed by atoms with van der Waals surface area (Å²) in [6.07, 6.45) is 0.509. The van der Waals surface area contributed by atoms with Gasteiger partial charge in [-0.1, -0.05) is 18.2 Å². The highest BCUT2D eigenvalue weighted by Gasteiger charge is 2.23. The van der Waals surface area contributed by atoms with Gasteiger partial charge in [-0.2, -0.15) is 0 Å². The molecule has 0 saturated carbocycles. The molecule has 0 saturated heterocycles. The van der Waals surface area contributed by atoms with Crippen LogP contribution in [-0.2, 0) is 4.79 Å². The lowest BCUT2D eigenvalue weighted by atomic mass is 9.93. The Bertz CT molecular complexity index is 479. The molecule has 17 heavy (non-hydrogen) atoms. The second-order valence-electron chi connectivity index (χ2n) is 4.27. The molecule has 0 unspecified atom stereocenters. The summed E-state index contributed by atoms with van der Waals surface area (Å²) in [5.74, 6) is -0.757. The Hall–Kier alpha value is -1.81. The first kappa shape index (κ1) is 11.7. The molecular formula is C13H15NO3. The summed E-state index contributed by atoms with van der Waals surface area (Å²) in [5, 5.41) is 19.0. The zero-order valence-corrected chi connectivity index (χ0v) is 9.68. The zero-order valence-electron chi connectivity index (χ0n) is 9.68. The van der Waals surface area contributed by atoms with Gasteiger partial charge in [-0.3, -0.25) is 0 Å². The predicted molar refractivity (Wildman–Crippen MR) is 64.8 cm³/mol. The number of para-hydroxylation sites is 1. The van der Waals surface area contributed by atoms with Crippen LogP contribution in [0.3, 0.4) is 0 Å². The first-order valence-corrected chi connectivity index (χ1v) is 5.52. The molecule has 4 nitrogen and oxygen atoms in total. The van der Waals surface area contributed by atoms with Gasteiger partial charge in [0.25, 0.3) is 0 Å². The lowest BCUT2D eigenvalue weighted by Crippen LogP contribution is -2.29. The molecule has 1 aromatic carbocycles. The van der Waals surface area contributed by atoms with Gasteiger partial charge in [0, 0.05) is 24.2 Å². The molecule has 0 fully saturated rings. The van der Waals surface area contributed by atoms with Crippen molar-refractivity contribution in [2.45, 2.75) is 6.42 Å². The molecule has 1 aliphatic heterocycles. The van der Waals surface area contributed by atoms with Crippen LogP contribution in [0.15, 0.2) is 29.8 Å². The third-order valence-corrected chi connectivity index (χ3v) is 3.02. The minimum absolute atomic E-state index is 0.136. The topological polar surface area (TPSA) is 60.8 Å². The molecular weight excluding hydrogens is 218 g/mol. The van der Waals surface area contributed by atoms with Gasteiger partial charge in [0.15, 0.2) is 0 Å². The van der Waals surface area contributed by atoms with Crippen molar-refractivity contribution in [1.82, 2.24) is 4.90 Å². The number of rotatable bonds is 2. The molecule has 1 aliphatic rings. The van der Waals surface area contributed by atoms with Gasteiger partial charge in [-0.05, 0) is 25.1 Å². The average molecular weight is 233 g/mol. The smallest absolute Gasteiger partial charge is 0.331 e. The fourth-order valence-corrected chi connectivity index (χ4v) is 2.11. The maximum absolute atomic E-state index is 11.2. The Morgan fingerprint density at radius 1 is 1.35 bits per heavy atom. The van der Waals surface area contributed by atoms with E-state index in [4.69, 9.17) is 0 Å². The van der Waals surface area contributed by atoms with Crippen molar-refractivity contribution < 1.29 is 15.0 Å². The van der Waals surface area contributed by atoms with E-state index in [0.717, 1.165) is 6.54 Å². The van der Waals surface area contributed by atoms with E-state index in [0.29, 0.717) is 29.7 Å². The Kier molecular flexibility index (Phi) is 3.15. The van der Waals surface area contributed by atoms with E-state index in [2.05, 4.69) is 0 Å². The Morgan fingerprint density at radius 3 is 2.71 bits per heavy atom. The number of carboxylic acids is 1. The minimum Gasteiger partial charge on any atom is -0.507 e. The molecule has 0 radical (unpaired) electrons. The first-order chi connectivity index (χ1) is 8.09. The Balaban J connectivity index is 2.52. The number of carbonyl (C=O) groups is 1. The van der Waals surface area contributed by atoms with Crippen LogP contribution >= 0.6 is 0 Å². The van der Waals surface area contributed by atoms with Crippen molar-refractivity contribution in [2.75, 3.05) is 20.1 Å². The van der Waals surface area contributed by atoms with Crippen molar-refractivity contribution in [3.05, 3.63) is 35.4 Å². The normalized spacial score (nSPS) is 17.2. The summed E-state index contributed by atoms with van der Waals surface area (Å²) in [6, 6.07) is 6.87. The number of aliphatic carboxylic acids is 1. The summed E-state index contributed by atoms with van der Waals surface area (Å²) < 4.78 is 0. The van der Waals surface area contributed by atoms with Crippen molar-refractivity contribution in [2.24, 2.45) is 0 Å². The summed E-state index contributed by atoms with van der Waals surface area (Å²) in [7, 11) is 1.94. The van der Waals surface area contributed by atoms with Crippen molar-refractivity contribution in [1.29, 1.82) is 0 Å². The number of hydrogen-bond donors (Lipinski definition) is 2. The Labute approximate surface area is 99.8 Å². The fourth-order valence-electron chi connectivity index (χ4n) is 2.11. The maximum atomic E-state index is 11.2. The van der Waals surface area contributed by atoms with Crippen LogP contribution in [0.25, 0.3) is 5.57 Å². The summed E-state index contributed by atoms with van der Waals surface area (Å²) in [4.78, 5) is 13.2. The number of phenolic OH excluding ortho intramolecular Hbond substituents is 1. The predicted octanol–water partition coefficient (Wildman–Crippen LogP) is 1.57. The van der Waals surface area contributed by atoms with Crippen molar-refractivity contribution in [3.63, 3.8) is 0 Å². The fraction of sp³-hybridized carbons (Fsp3) is 0.308. The zero-order chi connectivity index (χ0) is 12.4. The largest absolute Gasteiger partial charge is 0.507 e. The van der Waals surface area contributed by atoms with Crippen LogP contribution in [0.1, 0.15) is 12.0 Å². The molecule has 1 heterocycles. The molecule has 0 bridgehead atoms. The minimum atomic E-state index is -0.892. The van der Waals surface area contributed by atoms with Gasteiger partial charge in [0.2, 0.25) is 0 Å². The first-order valence-electron chi connectivity index (χ1n) is 5.52. The quantitative estimate of drug-likeness (QED) is 0.814.